The topological polar surface area (TPSA) is 64.1 Å². The van der Waals surface area contributed by atoms with Gasteiger partial charge in [0.15, 0.2) is 17.5 Å². The summed E-state index contributed by atoms with van der Waals surface area (Å²) in [6.45, 7) is 6.66. The van der Waals surface area contributed by atoms with Crippen LogP contribution in [0.4, 0.5) is 0 Å². The molecule has 0 radical (unpaired) electrons. The van der Waals surface area contributed by atoms with Crippen LogP contribution in [0.2, 0.25) is 0 Å². The van der Waals surface area contributed by atoms with Gasteiger partial charge in [-0.2, -0.15) is 0 Å². The number of benzene rings is 2. The molecule has 0 spiro atoms. The highest BCUT2D eigenvalue weighted by atomic mass is 127. The van der Waals surface area contributed by atoms with Gasteiger partial charge in [0.1, 0.15) is 6.10 Å². The zero-order valence-corrected chi connectivity index (χ0v) is 19.9. The van der Waals surface area contributed by atoms with Gasteiger partial charge in [0.2, 0.25) is 0 Å². The molecule has 2 N–H and O–H groups in total. The van der Waals surface area contributed by atoms with E-state index in [0.29, 0.717) is 19.7 Å². The third-order valence-electron chi connectivity index (χ3n) is 4.02. The van der Waals surface area contributed by atoms with Crippen molar-refractivity contribution in [3.8, 4) is 11.5 Å². The number of ether oxygens (including phenoxy) is 3. The van der Waals surface area contributed by atoms with Crippen LogP contribution in [0.3, 0.4) is 0 Å². The lowest BCUT2D eigenvalue weighted by atomic mass is 10.1. The first-order valence-electron chi connectivity index (χ1n) is 9.54. The zero-order valence-electron chi connectivity index (χ0n) is 17.6. The summed E-state index contributed by atoms with van der Waals surface area (Å²) in [5.74, 6) is 2.22. The fraction of sp³-hybridized carbons (Fsp3) is 0.409. The number of hydrogen-bond acceptors (Lipinski definition) is 4. The van der Waals surface area contributed by atoms with Crippen molar-refractivity contribution in [2.45, 2.75) is 33.1 Å². The van der Waals surface area contributed by atoms with Crippen LogP contribution in [0.15, 0.2) is 53.5 Å². The predicted molar refractivity (Wildman–Crippen MR) is 128 cm³/mol. The summed E-state index contributed by atoms with van der Waals surface area (Å²) in [7, 11) is 3.34. The number of aliphatic imine (C=N–C) groups is 1. The minimum atomic E-state index is -0.0508. The summed E-state index contributed by atoms with van der Waals surface area (Å²) < 4.78 is 16.5. The second kappa shape index (κ2) is 14.1. The summed E-state index contributed by atoms with van der Waals surface area (Å²) in [6, 6.07) is 15.9. The Labute approximate surface area is 191 Å². The molecule has 0 saturated carbocycles. The zero-order chi connectivity index (χ0) is 20.2. The van der Waals surface area contributed by atoms with Crippen LogP contribution in [0.1, 0.15) is 25.0 Å². The molecule has 7 heteroatoms. The lowest BCUT2D eigenvalue weighted by Crippen LogP contribution is -2.41. The van der Waals surface area contributed by atoms with E-state index >= 15 is 0 Å². The van der Waals surface area contributed by atoms with E-state index in [1.165, 1.54) is 0 Å². The number of halogens is 1. The van der Waals surface area contributed by atoms with Gasteiger partial charge in [-0.25, -0.2) is 4.99 Å². The molecule has 0 aliphatic heterocycles. The first-order valence-corrected chi connectivity index (χ1v) is 9.54. The first-order chi connectivity index (χ1) is 13.7. The van der Waals surface area contributed by atoms with E-state index in [-0.39, 0.29) is 30.1 Å². The normalized spacial score (nSPS) is 11.9. The highest BCUT2D eigenvalue weighted by Crippen LogP contribution is 2.26. The van der Waals surface area contributed by atoms with E-state index in [4.69, 9.17) is 14.2 Å². The Hall–Kier alpha value is -2.00. The molecule has 0 aliphatic rings. The van der Waals surface area contributed by atoms with Gasteiger partial charge in [-0.15, -0.1) is 24.0 Å². The Bertz CT molecular complexity index is 756. The monoisotopic (exact) mass is 513 g/mol. The first kappa shape index (κ1) is 25.0. The molecule has 160 valence electrons. The molecule has 2 rings (SSSR count). The van der Waals surface area contributed by atoms with Gasteiger partial charge < -0.3 is 24.8 Å². The van der Waals surface area contributed by atoms with Crippen LogP contribution in [0.25, 0.3) is 0 Å². The molecular weight excluding hydrogens is 481 g/mol. The number of rotatable bonds is 10. The van der Waals surface area contributed by atoms with E-state index in [2.05, 4.69) is 33.8 Å². The number of hydrogen-bond donors (Lipinski definition) is 2. The van der Waals surface area contributed by atoms with Crippen LogP contribution in [0, 0.1) is 0 Å². The fourth-order valence-electron chi connectivity index (χ4n) is 2.71. The van der Waals surface area contributed by atoms with Crippen molar-refractivity contribution in [1.29, 1.82) is 0 Å². The van der Waals surface area contributed by atoms with E-state index in [1.54, 1.807) is 14.2 Å². The Kier molecular flexibility index (Phi) is 12.1. The molecule has 2 aromatic carbocycles. The van der Waals surface area contributed by atoms with Gasteiger partial charge in [-0.3, -0.25) is 0 Å². The number of nitrogens with zero attached hydrogens (tertiary/aromatic N) is 1. The highest BCUT2D eigenvalue weighted by molar-refractivity contribution is 14.0. The summed E-state index contributed by atoms with van der Waals surface area (Å²) >= 11 is 0. The maximum atomic E-state index is 5.99. The standard InChI is InChI=1S/C22H31N3O3.HI/c1-5-23-22(25-15-18-9-8-10-19(13-18)16-26-3)24-14-17(2)28-21-12-7-6-11-20(21)27-4;/h6-13,17H,5,14-16H2,1-4H3,(H2,23,24,25);1H. The molecule has 0 saturated heterocycles. The summed E-state index contributed by atoms with van der Waals surface area (Å²) in [6.07, 6.45) is -0.0508. The van der Waals surface area contributed by atoms with Crippen molar-refractivity contribution in [3.05, 3.63) is 59.7 Å². The van der Waals surface area contributed by atoms with Crippen molar-refractivity contribution < 1.29 is 14.2 Å². The number of para-hydroxylation sites is 2. The Morgan fingerprint density at radius 2 is 1.72 bits per heavy atom. The van der Waals surface area contributed by atoms with Crippen LogP contribution in [0.5, 0.6) is 11.5 Å². The minimum Gasteiger partial charge on any atom is -0.493 e. The molecule has 29 heavy (non-hydrogen) atoms. The number of methoxy groups -OCH3 is 2. The molecule has 2 aromatic rings. The average Bonchev–Trinajstić information content (AvgIpc) is 2.71. The molecule has 0 amide bonds. The van der Waals surface area contributed by atoms with Gasteiger partial charge in [0, 0.05) is 13.7 Å². The molecule has 0 aliphatic carbocycles. The predicted octanol–water partition coefficient (Wildman–Crippen LogP) is 3.98. The molecule has 1 atom stereocenters. The van der Waals surface area contributed by atoms with Gasteiger partial charge >= 0.3 is 0 Å². The van der Waals surface area contributed by atoms with Crippen LogP contribution in [-0.2, 0) is 17.9 Å². The lowest BCUT2D eigenvalue weighted by Gasteiger charge is -2.19. The van der Waals surface area contributed by atoms with Crippen molar-refractivity contribution in [1.82, 2.24) is 10.6 Å². The largest absolute Gasteiger partial charge is 0.493 e. The van der Waals surface area contributed by atoms with Crippen LogP contribution >= 0.6 is 24.0 Å². The summed E-state index contributed by atoms with van der Waals surface area (Å²) in [4.78, 5) is 4.67. The minimum absolute atomic E-state index is 0. The molecule has 6 nitrogen and oxygen atoms in total. The number of nitrogens with one attached hydrogen (secondary N) is 2. The van der Waals surface area contributed by atoms with Crippen molar-refractivity contribution in [2.24, 2.45) is 4.99 Å². The molecule has 0 fully saturated rings. The van der Waals surface area contributed by atoms with E-state index < -0.39 is 0 Å². The van der Waals surface area contributed by atoms with Gasteiger partial charge in [-0.05, 0) is 37.1 Å². The van der Waals surface area contributed by atoms with Crippen molar-refractivity contribution in [3.63, 3.8) is 0 Å². The maximum Gasteiger partial charge on any atom is 0.191 e. The third kappa shape index (κ3) is 8.91. The van der Waals surface area contributed by atoms with Crippen LogP contribution < -0.4 is 20.1 Å². The van der Waals surface area contributed by atoms with Gasteiger partial charge in [-0.1, -0.05) is 36.4 Å². The Morgan fingerprint density at radius 1 is 1.00 bits per heavy atom. The second-order valence-corrected chi connectivity index (χ2v) is 6.41. The molecular formula is C22H32IN3O3. The van der Waals surface area contributed by atoms with Crippen LogP contribution in [-0.4, -0.2) is 39.4 Å². The Morgan fingerprint density at radius 3 is 2.41 bits per heavy atom. The average molecular weight is 513 g/mol. The fourth-order valence-corrected chi connectivity index (χ4v) is 2.71. The molecule has 0 heterocycles. The van der Waals surface area contributed by atoms with Gasteiger partial charge in [0.25, 0.3) is 0 Å². The van der Waals surface area contributed by atoms with Crippen molar-refractivity contribution >= 4 is 29.9 Å². The second-order valence-electron chi connectivity index (χ2n) is 6.41. The lowest BCUT2D eigenvalue weighted by molar-refractivity contribution is 0.185. The summed E-state index contributed by atoms with van der Waals surface area (Å²) in [5, 5.41) is 6.60. The quantitative estimate of drug-likeness (QED) is 0.286. The Balaban J connectivity index is 0.00000420. The van der Waals surface area contributed by atoms with Crippen molar-refractivity contribution in [2.75, 3.05) is 27.3 Å². The molecule has 1 unspecified atom stereocenters. The van der Waals surface area contributed by atoms with E-state index in [1.807, 2.05) is 44.2 Å². The van der Waals surface area contributed by atoms with E-state index in [9.17, 15) is 0 Å². The highest BCUT2D eigenvalue weighted by Gasteiger charge is 2.09. The molecule has 0 aromatic heterocycles. The maximum absolute atomic E-state index is 5.99. The molecule has 0 bridgehead atoms. The number of guanidine groups is 1. The summed E-state index contributed by atoms with van der Waals surface area (Å²) in [5.41, 5.74) is 2.29. The van der Waals surface area contributed by atoms with E-state index in [0.717, 1.165) is 35.1 Å². The smallest absolute Gasteiger partial charge is 0.191 e. The third-order valence-corrected chi connectivity index (χ3v) is 4.02. The SMILES string of the molecule is CCNC(=NCc1cccc(COC)c1)NCC(C)Oc1ccccc1OC.I. The van der Waals surface area contributed by atoms with Gasteiger partial charge in [0.05, 0.1) is 26.8 Å².